The molecule has 0 bridgehead atoms. The summed E-state index contributed by atoms with van der Waals surface area (Å²) in [6.45, 7) is 9.94. The van der Waals surface area contributed by atoms with Crippen molar-refractivity contribution in [3.8, 4) is 5.75 Å². The van der Waals surface area contributed by atoms with Crippen molar-refractivity contribution in [1.29, 1.82) is 0 Å². The lowest BCUT2D eigenvalue weighted by molar-refractivity contribution is -0.134. The van der Waals surface area contributed by atoms with Crippen molar-refractivity contribution in [3.63, 3.8) is 0 Å². The predicted molar refractivity (Wildman–Crippen MR) is 82.7 cm³/mol. The van der Waals surface area contributed by atoms with E-state index in [0.717, 1.165) is 11.9 Å². The highest BCUT2D eigenvalue weighted by atomic mass is 16.7. The highest BCUT2D eigenvalue weighted by Gasteiger charge is 2.52. The third kappa shape index (κ3) is 3.30. The molecule has 21 heavy (non-hydrogen) atoms. The highest BCUT2D eigenvalue weighted by Crippen LogP contribution is 2.37. The summed E-state index contributed by atoms with van der Waals surface area (Å²) in [5.41, 5.74) is -0.0863. The molecule has 0 amide bonds. The molecular weight excluding hydrogens is 267 g/mol. The van der Waals surface area contributed by atoms with Gasteiger partial charge >= 0.3 is 13.1 Å². The number of ether oxygens (including phenoxy) is 1. The first-order valence-electron chi connectivity index (χ1n) is 7.42. The molecule has 1 aromatic carbocycles. The van der Waals surface area contributed by atoms with Crippen LogP contribution < -0.4 is 10.2 Å². The van der Waals surface area contributed by atoms with E-state index in [4.69, 9.17) is 14.0 Å². The van der Waals surface area contributed by atoms with E-state index in [-0.39, 0.29) is 5.97 Å². The molecule has 0 aliphatic carbocycles. The summed E-state index contributed by atoms with van der Waals surface area (Å²) in [6, 6.07) is 7.37. The summed E-state index contributed by atoms with van der Waals surface area (Å²) in [4.78, 5) is 11.7. The Labute approximate surface area is 126 Å². The first kappa shape index (κ1) is 16.1. The zero-order chi connectivity index (χ0) is 15.7. The van der Waals surface area contributed by atoms with Crippen LogP contribution in [0.1, 0.15) is 47.5 Å². The summed E-state index contributed by atoms with van der Waals surface area (Å²) in [5, 5.41) is 0. The summed E-state index contributed by atoms with van der Waals surface area (Å²) < 4.78 is 17.5. The molecule has 5 heteroatoms. The lowest BCUT2D eigenvalue weighted by Crippen LogP contribution is -2.41. The normalized spacial score (nSPS) is 19.6. The smallest absolute Gasteiger partial charge is 0.427 e. The van der Waals surface area contributed by atoms with Crippen LogP contribution >= 0.6 is 0 Å². The Morgan fingerprint density at radius 2 is 1.71 bits per heavy atom. The Hall–Kier alpha value is -1.33. The van der Waals surface area contributed by atoms with Crippen LogP contribution in [0.2, 0.25) is 0 Å². The fourth-order valence-corrected chi connectivity index (χ4v) is 2.12. The maximum absolute atomic E-state index is 11.7. The topological polar surface area (TPSA) is 44.8 Å². The lowest BCUT2D eigenvalue weighted by Gasteiger charge is -2.32. The van der Waals surface area contributed by atoms with E-state index in [1.807, 2.05) is 52.8 Å². The molecule has 1 heterocycles. The van der Waals surface area contributed by atoms with Gasteiger partial charge in [-0.25, -0.2) is 0 Å². The molecule has 0 N–H and O–H groups in total. The third-order valence-electron chi connectivity index (χ3n) is 4.10. The highest BCUT2D eigenvalue weighted by molar-refractivity contribution is 6.63. The van der Waals surface area contributed by atoms with Crippen LogP contribution in [0.3, 0.4) is 0 Å². The van der Waals surface area contributed by atoms with Crippen molar-refractivity contribution < 1.29 is 18.8 Å². The van der Waals surface area contributed by atoms with Gasteiger partial charge in [0.25, 0.3) is 0 Å². The third-order valence-corrected chi connectivity index (χ3v) is 4.10. The molecule has 0 radical (unpaired) electrons. The average Bonchev–Trinajstić information content (AvgIpc) is 2.59. The van der Waals surface area contributed by atoms with Gasteiger partial charge in [-0.2, -0.15) is 0 Å². The number of rotatable bonds is 4. The number of hydrogen-bond donors (Lipinski definition) is 0. The van der Waals surface area contributed by atoms with Crippen LogP contribution in [0.25, 0.3) is 0 Å². The predicted octanol–water partition coefficient (Wildman–Crippen LogP) is 2.69. The van der Waals surface area contributed by atoms with Crippen molar-refractivity contribution >= 4 is 18.6 Å². The Kier molecular flexibility index (Phi) is 4.44. The summed E-state index contributed by atoms with van der Waals surface area (Å²) in [5.74, 6) is 0.274. The maximum Gasteiger partial charge on any atom is 0.498 e. The van der Waals surface area contributed by atoms with Crippen LogP contribution in [0, 0.1) is 0 Å². The van der Waals surface area contributed by atoms with E-state index < -0.39 is 18.3 Å². The Bertz CT molecular complexity index is 509. The van der Waals surface area contributed by atoms with Gasteiger partial charge in [0.2, 0.25) is 0 Å². The van der Waals surface area contributed by atoms with Crippen LogP contribution in [-0.4, -0.2) is 24.3 Å². The molecule has 1 aromatic rings. The molecule has 4 nitrogen and oxygen atoms in total. The van der Waals surface area contributed by atoms with E-state index in [2.05, 4.69) is 0 Å². The van der Waals surface area contributed by atoms with Crippen LogP contribution in [0.5, 0.6) is 5.75 Å². The molecule has 1 aliphatic heterocycles. The number of para-hydroxylation sites is 1. The molecule has 0 unspecified atom stereocenters. The Morgan fingerprint density at radius 3 is 2.29 bits per heavy atom. The van der Waals surface area contributed by atoms with Gasteiger partial charge in [-0.1, -0.05) is 25.1 Å². The lowest BCUT2D eigenvalue weighted by atomic mass is 9.78. The molecule has 0 saturated carbocycles. The van der Waals surface area contributed by atoms with E-state index >= 15 is 0 Å². The molecule has 2 rings (SSSR count). The number of hydrogen-bond acceptors (Lipinski definition) is 4. The SMILES string of the molecule is CCCC(=O)Oc1ccccc1B1OC(C)(C)C(C)(C)O1. The fourth-order valence-electron chi connectivity index (χ4n) is 2.12. The van der Waals surface area contributed by atoms with Crippen LogP contribution in [-0.2, 0) is 14.1 Å². The van der Waals surface area contributed by atoms with E-state index in [9.17, 15) is 4.79 Å². The molecule has 0 spiro atoms. The maximum atomic E-state index is 11.7. The second-order valence-corrected chi connectivity index (χ2v) is 6.35. The number of carbonyl (C=O) groups is 1. The van der Waals surface area contributed by atoms with Gasteiger partial charge in [-0.3, -0.25) is 4.79 Å². The van der Waals surface area contributed by atoms with Crippen molar-refractivity contribution in [1.82, 2.24) is 0 Å². The standard InChI is InChI=1S/C16H23BO4/c1-6-9-14(18)19-13-11-8-7-10-12(13)17-20-15(2,3)16(4,5)21-17/h7-8,10-11H,6,9H2,1-5H3. The van der Waals surface area contributed by atoms with Crippen molar-refractivity contribution in [2.75, 3.05) is 0 Å². The molecule has 0 atom stereocenters. The van der Waals surface area contributed by atoms with Gasteiger partial charge in [0, 0.05) is 11.9 Å². The summed E-state index contributed by atoms with van der Waals surface area (Å²) in [6.07, 6.45) is 1.16. The van der Waals surface area contributed by atoms with Gasteiger partial charge in [-0.15, -0.1) is 0 Å². The minimum atomic E-state index is -0.527. The molecule has 1 aliphatic rings. The fraction of sp³-hybridized carbons (Fsp3) is 0.562. The van der Waals surface area contributed by atoms with Crippen molar-refractivity contribution in [2.24, 2.45) is 0 Å². The largest absolute Gasteiger partial charge is 0.498 e. The monoisotopic (exact) mass is 290 g/mol. The summed E-state index contributed by atoms with van der Waals surface area (Å²) >= 11 is 0. The molecule has 1 saturated heterocycles. The zero-order valence-corrected chi connectivity index (χ0v) is 13.4. The van der Waals surface area contributed by atoms with Gasteiger partial charge in [0.1, 0.15) is 5.75 Å². The number of carbonyl (C=O) groups excluding carboxylic acids is 1. The molecular formula is C16H23BO4. The van der Waals surface area contributed by atoms with Gasteiger partial charge in [-0.05, 0) is 40.2 Å². The van der Waals surface area contributed by atoms with Crippen molar-refractivity contribution in [3.05, 3.63) is 24.3 Å². The van der Waals surface area contributed by atoms with Gasteiger partial charge in [0.05, 0.1) is 11.2 Å². The minimum absolute atomic E-state index is 0.235. The number of esters is 1. The Morgan fingerprint density at radius 1 is 1.14 bits per heavy atom. The molecule has 114 valence electrons. The first-order chi connectivity index (χ1) is 9.77. The summed E-state index contributed by atoms with van der Waals surface area (Å²) in [7, 11) is -0.527. The number of benzene rings is 1. The van der Waals surface area contributed by atoms with E-state index in [0.29, 0.717) is 12.2 Å². The van der Waals surface area contributed by atoms with E-state index in [1.54, 1.807) is 6.07 Å². The quantitative estimate of drug-likeness (QED) is 0.486. The van der Waals surface area contributed by atoms with Gasteiger partial charge in [0.15, 0.2) is 0 Å². The molecule has 1 fully saturated rings. The van der Waals surface area contributed by atoms with Crippen LogP contribution in [0.15, 0.2) is 24.3 Å². The minimum Gasteiger partial charge on any atom is -0.427 e. The van der Waals surface area contributed by atoms with Crippen LogP contribution in [0.4, 0.5) is 0 Å². The first-order valence-corrected chi connectivity index (χ1v) is 7.42. The van der Waals surface area contributed by atoms with Crippen molar-refractivity contribution in [2.45, 2.75) is 58.7 Å². The Balaban J connectivity index is 2.24. The van der Waals surface area contributed by atoms with Gasteiger partial charge < -0.3 is 14.0 Å². The van der Waals surface area contributed by atoms with E-state index in [1.165, 1.54) is 0 Å². The second-order valence-electron chi connectivity index (χ2n) is 6.35. The second kappa shape index (κ2) is 5.81. The molecule has 0 aromatic heterocycles. The zero-order valence-electron chi connectivity index (χ0n) is 13.4. The average molecular weight is 290 g/mol.